The zero-order valence-corrected chi connectivity index (χ0v) is 13.1. The molecule has 7 heteroatoms. The summed E-state index contributed by atoms with van der Waals surface area (Å²) in [7, 11) is 0. The lowest BCUT2D eigenvalue weighted by Gasteiger charge is -2.15. The fraction of sp³-hybridized carbons (Fsp3) is 0.400. The summed E-state index contributed by atoms with van der Waals surface area (Å²) in [4.78, 5) is 18.0. The molecule has 22 heavy (non-hydrogen) atoms. The van der Waals surface area contributed by atoms with Crippen molar-refractivity contribution in [1.82, 2.24) is 24.5 Å². The smallest absolute Gasteiger partial charge is 0.255 e. The van der Waals surface area contributed by atoms with Crippen LogP contribution in [0.25, 0.3) is 4.96 Å². The standard InChI is InChI=1S/C15H17N5OS/c1-10(12-9-19-6-7-22-15(19)18-12)17-14(21)11-8-16-20-5-3-2-4-13(11)20/h6-10H,2-5H2,1H3,(H,17,21)/t10-/m1/s1. The minimum absolute atomic E-state index is 0.0630. The molecule has 6 nitrogen and oxygen atoms in total. The second kappa shape index (κ2) is 5.24. The summed E-state index contributed by atoms with van der Waals surface area (Å²) in [5.74, 6) is -0.0630. The number of hydrogen-bond donors (Lipinski definition) is 1. The minimum Gasteiger partial charge on any atom is -0.344 e. The third-order valence-electron chi connectivity index (χ3n) is 4.13. The summed E-state index contributed by atoms with van der Waals surface area (Å²) < 4.78 is 3.93. The van der Waals surface area contributed by atoms with Crippen molar-refractivity contribution < 1.29 is 4.79 Å². The number of aromatic nitrogens is 4. The van der Waals surface area contributed by atoms with Gasteiger partial charge in [-0.15, -0.1) is 11.3 Å². The Bertz CT molecular complexity index is 802. The molecule has 1 aliphatic rings. The van der Waals surface area contributed by atoms with Gasteiger partial charge in [-0.05, 0) is 26.2 Å². The van der Waals surface area contributed by atoms with Gasteiger partial charge >= 0.3 is 0 Å². The van der Waals surface area contributed by atoms with E-state index < -0.39 is 0 Å². The van der Waals surface area contributed by atoms with Crippen molar-refractivity contribution in [2.24, 2.45) is 0 Å². The first-order chi connectivity index (χ1) is 10.7. The van der Waals surface area contributed by atoms with Gasteiger partial charge in [-0.3, -0.25) is 13.9 Å². The third kappa shape index (κ3) is 2.21. The number of thiazole rings is 1. The SMILES string of the molecule is C[C@@H](NC(=O)c1cnn2c1CCCC2)c1cn2ccsc2n1. The highest BCUT2D eigenvalue weighted by atomic mass is 32.1. The Labute approximate surface area is 131 Å². The molecule has 0 fully saturated rings. The quantitative estimate of drug-likeness (QED) is 0.807. The number of rotatable bonds is 3. The fourth-order valence-electron chi connectivity index (χ4n) is 2.91. The molecule has 0 saturated carbocycles. The molecule has 3 aromatic heterocycles. The molecule has 0 saturated heterocycles. The highest BCUT2D eigenvalue weighted by Gasteiger charge is 2.22. The van der Waals surface area contributed by atoms with Crippen LogP contribution in [0.15, 0.2) is 24.0 Å². The largest absolute Gasteiger partial charge is 0.344 e. The Morgan fingerprint density at radius 3 is 3.23 bits per heavy atom. The van der Waals surface area contributed by atoms with Crippen LogP contribution in [0.4, 0.5) is 0 Å². The van der Waals surface area contributed by atoms with E-state index in [9.17, 15) is 4.79 Å². The van der Waals surface area contributed by atoms with Crippen LogP contribution in [-0.2, 0) is 13.0 Å². The maximum atomic E-state index is 12.5. The van der Waals surface area contributed by atoms with Gasteiger partial charge in [0.1, 0.15) is 0 Å². The number of imidazole rings is 1. The van der Waals surface area contributed by atoms with E-state index in [0.717, 1.165) is 42.2 Å². The molecule has 0 aromatic carbocycles. The van der Waals surface area contributed by atoms with Gasteiger partial charge in [-0.2, -0.15) is 5.10 Å². The summed E-state index contributed by atoms with van der Waals surface area (Å²) in [6.45, 7) is 2.87. The molecule has 0 unspecified atom stereocenters. The lowest BCUT2D eigenvalue weighted by Crippen LogP contribution is -2.28. The van der Waals surface area contributed by atoms with Crippen molar-refractivity contribution in [3.8, 4) is 0 Å². The van der Waals surface area contributed by atoms with Crippen LogP contribution in [0.2, 0.25) is 0 Å². The Morgan fingerprint density at radius 1 is 1.45 bits per heavy atom. The lowest BCUT2D eigenvalue weighted by molar-refractivity contribution is 0.0938. The van der Waals surface area contributed by atoms with Crippen LogP contribution in [0.1, 0.15) is 47.6 Å². The summed E-state index contributed by atoms with van der Waals surface area (Å²) in [6, 6.07) is -0.126. The van der Waals surface area contributed by atoms with E-state index in [0.29, 0.717) is 5.56 Å². The van der Waals surface area contributed by atoms with E-state index in [-0.39, 0.29) is 11.9 Å². The molecule has 1 aliphatic heterocycles. The Morgan fingerprint density at radius 2 is 2.36 bits per heavy atom. The molecule has 1 N–H and O–H groups in total. The number of nitrogens with zero attached hydrogens (tertiary/aromatic N) is 4. The Kier molecular flexibility index (Phi) is 3.22. The van der Waals surface area contributed by atoms with E-state index in [1.54, 1.807) is 17.5 Å². The molecule has 1 atom stereocenters. The Hall–Kier alpha value is -2.15. The highest BCUT2D eigenvalue weighted by Crippen LogP contribution is 2.20. The van der Waals surface area contributed by atoms with Crippen LogP contribution in [0.3, 0.4) is 0 Å². The van der Waals surface area contributed by atoms with Crippen LogP contribution in [-0.4, -0.2) is 25.1 Å². The lowest BCUT2D eigenvalue weighted by atomic mass is 10.1. The molecule has 4 rings (SSSR count). The van der Waals surface area contributed by atoms with Gasteiger partial charge in [0, 0.05) is 24.3 Å². The first kappa shape index (κ1) is 13.5. The van der Waals surface area contributed by atoms with Crippen molar-refractivity contribution in [2.45, 2.75) is 38.8 Å². The zero-order chi connectivity index (χ0) is 15.1. The maximum absolute atomic E-state index is 12.5. The van der Waals surface area contributed by atoms with Crippen LogP contribution in [0, 0.1) is 0 Å². The molecule has 0 radical (unpaired) electrons. The molecular formula is C15H17N5OS. The number of aryl methyl sites for hydroxylation is 1. The van der Waals surface area contributed by atoms with Crippen molar-refractivity contribution in [1.29, 1.82) is 0 Å². The molecule has 3 aromatic rings. The molecule has 0 spiro atoms. The third-order valence-corrected chi connectivity index (χ3v) is 4.90. The van der Waals surface area contributed by atoms with Gasteiger partial charge in [0.2, 0.25) is 0 Å². The zero-order valence-electron chi connectivity index (χ0n) is 12.3. The van der Waals surface area contributed by atoms with Crippen molar-refractivity contribution in [2.75, 3.05) is 0 Å². The minimum atomic E-state index is -0.126. The van der Waals surface area contributed by atoms with Gasteiger partial charge in [-0.1, -0.05) is 0 Å². The summed E-state index contributed by atoms with van der Waals surface area (Å²) in [6.07, 6.45) is 8.81. The molecule has 0 bridgehead atoms. The van der Waals surface area contributed by atoms with E-state index in [2.05, 4.69) is 15.4 Å². The van der Waals surface area contributed by atoms with Gasteiger partial charge in [-0.25, -0.2) is 4.98 Å². The van der Waals surface area contributed by atoms with Gasteiger partial charge in [0.25, 0.3) is 5.91 Å². The maximum Gasteiger partial charge on any atom is 0.255 e. The molecule has 0 aliphatic carbocycles. The number of nitrogens with one attached hydrogen (secondary N) is 1. The van der Waals surface area contributed by atoms with Crippen LogP contribution < -0.4 is 5.32 Å². The van der Waals surface area contributed by atoms with E-state index >= 15 is 0 Å². The fourth-order valence-corrected chi connectivity index (χ4v) is 3.62. The summed E-state index contributed by atoms with van der Waals surface area (Å²) >= 11 is 1.59. The normalized spacial score (nSPS) is 15.7. The number of hydrogen-bond acceptors (Lipinski definition) is 4. The van der Waals surface area contributed by atoms with Crippen molar-refractivity contribution in [3.05, 3.63) is 40.9 Å². The predicted molar refractivity (Wildman–Crippen MR) is 84.1 cm³/mol. The first-order valence-electron chi connectivity index (χ1n) is 7.50. The number of carbonyl (C=O) groups is 1. The predicted octanol–water partition coefficient (Wildman–Crippen LogP) is 2.42. The van der Waals surface area contributed by atoms with Crippen LogP contribution >= 0.6 is 11.3 Å². The van der Waals surface area contributed by atoms with E-state index in [1.165, 1.54) is 0 Å². The summed E-state index contributed by atoms with van der Waals surface area (Å²) in [5, 5.41) is 9.35. The van der Waals surface area contributed by atoms with Gasteiger partial charge in [0.15, 0.2) is 4.96 Å². The average molecular weight is 315 g/mol. The number of fused-ring (bicyclic) bond motifs is 2. The molecular weight excluding hydrogens is 298 g/mol. The van der Waals surface area contributed by atoms with Gasteiger partial charge in [0.05, 0.1) is 29.2 Å². The summed E-state index contributed by atoms with van der Waals surface area (Å²) in [5.41, 5.74) is 2.63. The number of amides is 1. The second-order valence-electron chi connectivity index (χ2n) is 5.64. The number of carbonyl (C=O) groups excluding carboxylic acids is 1. The first-order valence-corrected chi connectivity index (χ1v) is 8.38. The topological polar surface area (TPSA) is 64.2 Å². The Balaban J connectivity index is 1.53. The second-order valence-corrected chi connectivity index (χ2v) is 6.51. The van der Waals surface area contributed by atoms with Gasteiger partial charge < -0.3 is 5.32 Å². The van der Waals surface area contributed by atoms with Crippen molar-refractivity contribution in [3.63, 3.8) is 0 Å². The molecule has 114 valence electrons. The average Bonchev–Trinajstić information content (AvgIpc) is 3.20. The highest BCUT2D eigenvalue weighted by molar-refractivity contribution is 7.15. The van der Waals surface area contributed by atoms with Crippen molar-refractivity contribution >= 4 is 22.2 Å². The molecule has 1 amide bonds. The van der Waals surface area contributed by atoms with Crippen LogP contribution in [0.5, 0.6) is 0 Å². The van der Waals surface area contributed by atoms with E-state index in [4.69, 9.17) is 0 Å². The van der Waals surface area contributed by atoms with E-state index in [1.807, 2.05) is 33.8 Å². The monoisotopic (exact) mass is 315 g/mol. The molecule has 4 heterocycles.